The molecule has 2 fully saturated rings. The molecule has 2 aliphatic rings. The Morgan fingerprint density at radius 3 is 2.10 bits per heavy atom. The summed E-state index contributed by atoms with van der Waals surface area (Å²) in [5, 5.41) is 8.46. The van der Waals surface area contributed by atoms with Crippen LogP contribution in [0, 0.1) is 35.0 Å². The van der Waals surface area contributed by atoms with E-state index in [-0.39, 0.29) is 0 Å². The minimum absolute atomic E-state index is 0.751. The molecule has 0 unspecified atom stereocenters. The third-order valence-corrected chi connectivity index (χ3v) is 5.74. The van der Waals surface area contributed by atoms with Crippen LogP contribution < -0.4 is 0 Å². The van der Waals surface area contributed by atoms with E-state index in [2.05, 4.69) is 19.1 Å². The van der Waals surface area contributed by atoms with Gasteiger partial charge in [0.1, 0.15) is 0 Å². The molecule has 0 N–H and O–H groups in total. The van der Waals surface area contributed by atoms with Crippen molar-refractivity contribution in [1.82, 2.24) is 0 Å². The highest BCUT2D eigenvalue weighted by atomic mass is 14.3. The van der Waals surface area contributed by atoms with Crippen molar-refractivity contribution in [2.45, 2.75) is 71.1 Å². The summed E-state index contributed by atoms with van der Waals surface area (Å²) in [6.07, 6.45) is 22.2. The molecule has 1 nitrogen and oxygen atoms in total. The molecule has 0 aliphatic heterocycles. The first-order chi connectivity index (χ1) is 10.3. The highest BCUT2D eigenvalue weighted by molar-refractivity contribution is 5.12. The normalized spacial score (nSPS) is 34.3. The van der Waals surface area contributed by atoms with Gasteiger partial charge in [-0.3, -0.25) is 0 Å². The zero-order chi connectivity index (χ0) is 14.9. The third-order valence-electron chi connectivity index (χ3n) is 5.74. The van der Waals surface area contributed by atoms with Crippen LogP contribution >= 0.6 is 0 Å². The molecule has 2 saturated carbocycles. The maximum absolute atomic E-state index is 8.46. The number of rotatable bonds is 5. The van der Waals surface area contributed by atoms with Crippen molar-refractivity contribution >= 4 is 0 Å². The lowest BCUT2D eigenvalue weighted by molar-refractivity contribution is 0.152. The van der Waals surface area contributed by atoms with Crippen LogP contribution in [0.2, 0.25) is 0 Å². The fourth-order valence-corrected chi connectivity index (χ4v) is 4.49. The van der Waals surface area contributed by atoms with Crippen LogP contribution in [-0.2, 0) is 0 Å². The number of hydrogen-bond acceptors (Lipinski definition) is 1. The Morgan fingerprint density at radius 1 is 0.905 bits per heavy atom. The first-order valence-corrected chi connectivity index (χ1v) is 9.06. The molecule has 0 bridgehead atoms. The van der Waals surface area contributed by atoms with Crippen LogP contribution in [0.25, 0.3) is 0 Å². The summed E-state index contributed by atoms with van der Waals surface area (Å²) in [6.45, 7) is 2.33. The Morgan fingerprint density at radius 2 is 1.52 bits per heavy atom. The van der Waals surface area contributed by atoms with Gasteiger partial charge < -0.3 is 0 Å². The van der Waals surface area contributed by atoms with Crippen LogP contribution in [0.5, 0.6) is 0 Å². The quantitative estimate of drug-likeness (QED) is 0.446. The van der Waals surface area contributed by atoms with Crippen molar-refractivity contribution in [2.75, 3.05) is 0 Å². The largest absolute Gasteiger partial charge is 0.193 e. The summed E-state index contributed by atoms with van der Waals surface area (Å²) >= 11 is 0. The van der Waals surface area contributed by atoms with E-state index < -0.39 is 0 Å². The molecule has 0 spiro atoms. The highest BCUT2D eigenvalue weighted by Crippen LogP contribution is 2.42. The van der Waals surface area contributed by atoms with E-state index in [1.54, 1.807) is 6.08 Å². The molecule has 0 heterocycles. The second-order valence-corrected chi connectivity index (χ2v) is 7.12. The summed E-state index contributed by atoms with van der Waals surface area (Å²) in [4.78, 5) is 0. The van der Waals surface area contributed by atoms with E-state index in [1.165, 1.54) is 64.2 Å². The lowest BCUT2D eigenvalue weighted by atomic mass is 9.69. The van der Waals surface area contributed by atoms with Crippen LogP contribution in [0.15, 0.2) is 24.3 Å². The van der Waals surface area contributed by atoms with Crippen molar-refractivity contribution < 1.29 is 0 Å². The zero-order valence-electron chi connectivity index (χ0n) is 13.6. The van der Waals surface area contributed by atoms with Gasteiger partial charge in [-0.05, 0) is 62.2 Å². The molecular formula is C20H31N. The summed E-state index contributed by atoms with van der Waals surface area (Å²) < 4.78 is 0. The van der Waals surface area contributed by atoms with E-state index in [9.17, 15) is 0 Å². The maximum atomic E-state index is 8.46. The average Bonchev–Trinajstić information content (AvgIpc) is 2.53. The third kappa shape index (κ3) is 5.34. The van der Waals surface area contributed by atoms with Gasteiger partial charge in [-0.1, -0.05) is 50.8 Å². The molecule has 0 aromatic heterocycles. The predicted molar refractivity (Wildman–Crippen MR) is 89.7 cm³/mol. The molecule has 2 aliphatic carbocycles. The van der Waals surface area contributed by atoms with E-state index >= 15 is 0 Å². The van der Waals surface area contributed by atoms with Crippen molar-refractivity contribution in [1.29, 1.82) is 5.26 Å². The fraction of sp³-hybridized carbons (Fsp3) is 0.750. The minimum Gasteiger partial charge on any atom is -0.193 e. The summed E-state index contributed by atoms with van der Waals surface area (Å²) in [7, 11) is 0. The van der Waals surface area contributed by atoms with Crippen LogP contribution in [0.1, 0.15) is 71.1 Å². The van der Waals surface area contributed by atoms with Gasteiger partial charge in [0, 0.05) is 6.08 Å². The lowest BCUT2D eigenvalue weighted by Gasteiger charge is -2.37. The summed E-state index contributed by atoms with van der Waals surface area (Å²) in [6, 6.07) is 2.04. The van der Waals surface area contributed by atoms with Crippen LogP contribution in [0.3, 0.4) is 0 Å². The molecular weight excluding hydrogens is 254 g/mol. The van der Waals surface area contributed by atoms with E-state index in [4.69, 9.17) is 5.26 Å². The van der Waals surface area contributed by atoms with Gasteiger partial charge in [0.2, 0.25) is 0 Å². The molecule has 1 heteroatoms. The topological polar surface area (TPSA) is 23.8 Å². The first-order valence-electron chi connectivity index (χ1n) is 9.06. The second kappa shape index (κ2) is 9.08. The molecule has 0 radical (unpaired) electrons. The second-order valence-electron chi connectivity index (χ2n) is 7.12. The van der Waals surface area contributed by atoms with E-state index in [0.717, 1.165) is 23.7 Å². The first kappa shape index (κ1) is 16.3. The Hall–Kier alpha value is -1.03. The Kier molecular flexibility index (Phi) is 7.07. The molecule has 2 rings (SSSR count). The van der Waals surface area contributed by atoms with Gasteiger partial charge in [-0.15, -0.1) is 0 Å². The maximum Gasteiger partial charge on any atom is 0.0912 e. The average molecular weight is 285 g/mol. The van der Waals surface area contributed by atoms with Gasteiger partial charge in [0.05, 0.1) is 6.07 Å². The van der Waals surface area contributed by atoms with Crippen LogP contribution in [-0.4, -0.2) is 0 Å². The Labute approximate surface area is 131 Å². The highest BCUT2D eigenvalue weighted by Gasteiger charge is 2.29. The molecule has 0 aromatic carbocycles. The van der Waals surface area contributed by atoms with Gasteiger partial charge in [0.25, 0.3) is 0 Å². The number of nitrogens with zero attached hydrogens (tertiary/aromatic N) is 1. The smallest absolute Gasteiger partial charge is 0.0912 e. The van der Waals surface area contributed by atoms with Crippen molar-refractivity contribution in [2.24, 2.45) is 23.7 Å². The van der Waals surface area contributed by atoms with Gasteiger partial charge in [-0.2, -0.15) is 5.26 Å². The van der Waals surface area contributed by atoms with Crippen molar-refractivity contribution in [3.05, 3.63) is 24.3 Å². The Bertz CT molecular complexity index is 371. The molecule has 116 valence electrons. The van der Waals surface area contributed by atoms with Gasteiger partial charge in [-0.25, -0.2) is 0 Å². The summed E-state index contributed by atoms with van der Waals surface area (Å²) in [5.74, 6) is 3.83. The predicted octanol–water partition coefficient (Wildman–Crippen LogP) is 6.04. The molecule has 0 atom stereocenters. The monoisotopic (exact) mass is 285 g/mol. The molecule has 0 amide bonds. The standard InChI is InChI=1S/C20H31N/c1-2-6-17-8-12-19(13-9-17)20-14-10-18(11-15-20)7-4-3-5-16-21/h3-5,7,17-20H,2,6,8-15H2,1H3. The number of nitriles is 1. The number of hydrogen-bond donors (Lipinski definition) is 0. The number of allylic oxidation sites excluding steroid dienone is 4. The molecule has 21 heavy (non-hydrogen) atoms. The summed E-state index contributed by atoms with van der Waals surface area (Å²) in [5.41, 5.74) is 0. The van der Waals surface area contributed by atoms with Crippen LogP contribution in [0.4, 0.5) is 0 Å². The fourth-order valence-electron chi connectivity index (χ4n) is 4.49. The van der Waals surface area contributed by atoms with Crippen molar-refractivity contribution in [3.63, 3.8) is 0 Å². The van der Waals surface area contributed by atoms with E-state index in [0.29, 0.717) is 0 Å². The minimum atomic E-state index is 0.751. The SMILES string of the molecule is CCCC1CCC(C2CCC(C=CC=CC#N)CC2)CC1. The Balaban J connectivity index is 1.69. The molecule has 0 aromatic rings. The molecule has 0 saturated heterocycles. The van der Waals surface area contributed by atoms with Gasteiger partial charge >= 0.3 is 0 Å². The van der Waals surface area contributed by atoms with E-state index in [1.807, 2.05) is 12.1 Å². The lowest BCUT2D eigenvalue weighted by Crippen LogP contribution is -2.25. The van der Waals surface area contributed by atoms with Crippen molar-refractivity contribution in [3.8, 4) is 6.07 Å². The zero-order valence-corrected chi connectivity index (χ0v) is 13.6. The van der Waals surface area contributed by atoms with Gasteiger partial charge in [0.15, 0.2) is 0 Å².